The molecule has 0 atom stereocenters. The molecule has 0 aliphatic rings. The van der Waals surface area contributed by atoms with Crippen LogP contribution in [0.15, 0.2) is 174 Å². The van der Waals surface area contributed by atoms with Crippen molar-refractivity contribution in [2.75, 3.05) is 0 Å². The normalized spacial score (nSPS) is 12.2. The summed E-state index contributed by atoms with van der Waals surface area (Å²) >= 11 is 1.81. The van der Waals surface area contributed by atoms with Crippen molar-refractivity contribution in [3.8, 4) is 11.4 Å². The summed E-state index contributed by atoms with van der Waals surface area (Å²) in [5.41, 5.74) is 9.33. The topological polar surface area (TPSA) is 39.5 Å². The van der Waals surface area contributed by atoms with Gasteiger partial charge in [0.2, 0.25) is 0 Å². The van der Waals surface area contributed by atoms with E-state index in [1.807, 2.05) is 23.5 Å². The van der Waals surface area contributed by atoms with E-state index in [0.29, 0.717) is 6.67 Å². The number of nitrogens with zero attached hydrogens (tertiary/aromatic N) is 5. The largest absolute Gasteiger partial charge is 0.320 e. The van der Waals surface area contributed by atoms with Crippen molar-refractivity contribution in [2.24, 2.45) is 9.98 Å². The van der Waals surface area contributed by atoms with Gasteiger partial charge in [0.25, 0.3) is 0 Å². The Morgan fingerprint density at radius 3 is 2.04 bits per heavy atom. The van der Waals surface area contributed by atoms with Crippen LogP contribution in [0.4, 0.5) is 5.69 Å². The van der Waals surface area contributed by atoms with Gasteiger partial charge in [-0.1, -0.05) is 97.1 Å². The SMILES string of the molecule is C=Nc1ccn(-c2ccccc2)c1/C(=N\Cn1c2ccccc2c2ccc3c(ccn3-c3ccccc3)c21)c1cccc2c1sc1ccccc12. The predicted octanol–water partition coefficient (Wildman–Crippen LogP) is 11.7. The van der Waals surface area contributed by atoms with Gasteiger partial charge in [0.05, 0.1) is 33.6 Å². The fraction of sp³-hybridized carbons (Fsp3) is 0.0222. The van der Waals surface area contributed by atoms with Crippen LogP contribution in [0.3, 0.4) is 0 Å². The van der Waals surface area contributed by atoms with Crippen molar-refractivity contribution >= 4 is 82.3 Å². The highest BCUT2D eigenvalue weighted by Gasteiger charge is 2.22. The van der Waals surface area contributed by atoms with Gasteiger partial charge in [-0.25, -0.2) is 0 Å². The van der Waals surface area contributed by atoms with Crippen molar-refractivity contribution in [3.05, 3.63) is 175 Å². The lowest BCUT2D eigenvalue weighted by atomic mass is 10.0. The maximum absolute atomic E-state index is 5.64. The lowest BCUT2D eigenvalue weighted by Crippen LogP contribution is -2.12. The van der Waals surface area contributed by atoms with Crippen LogP contribution in [0.1, 0.15) is 11.3 Å². The summed E-state index contributed by atoms with van der Waals surface area (Å²) in [5, 5.41) is 6.11. The molecule has 6 heteroatoms. The molecule has 0 aliphatic heterocycles. The molecule has 0 N–H and O–H groups in total. The first-order valence-electron chi connectivity index (χ1n) is 17.0. The molecule has 4 heterocycles. The number of hydrogen-bond acceptors (Lipinski definition) is 3. The molecule has 4 aromatic heterocycles. The highest BCUT2D eigenvalue weighted by Crippen LogP contribution is 2.39. The summed E-state index contributed by atoms with van der Waals surface area (Å²) < 4.78 is 9.30. The fourth-order valence-corrected chi connectivity index (χ4v) is 8.90. The molecule has 0 unspecified atom stereocenters. The fourth-order valence-electron chi connectivity index (χ4n) is 7.68. The molecular formula is C45H31N5S. The van der Waals surface area contributed by atoms with Gasteiger partial charge in [-0.05, 0) is 61.3 Å². The number of benzene rings is 6. The van der Waals surface area contributed by atoms with Gasteiger partial charge in [0.15, 0.2) is 0 Å². The molecule has 0 radical (unpaired) electrons. The molecule has 10 rings (SSSR count). The quantitative estimate of drug-likeness (QED) is 0.151. The Hall–Kier alpha value is -6.50. The van der Waals surface area contributed by atoms with Crippen LogP contribution in [-0.2, 0) is 6.67 Å². The molecule has 0 spiro atoms. The van der Waals surface area contributed by atoms with Gasteiger partial charge in [-0.2, -0.15) is 0 Å². The van der Waals surface area contributed by atoms with Gasteiger partial charge < -0.3 is 13.7 Å². The maximum atomic E-state index is 5.64. The molecule has 0 amide bonds. The Balaban J connectivity index is 1.25. The van der Waals surface area contributed by atoms with E-state index in [9.17, 15) is 0 Å². The third-order valence-electron chi connectivity index (χ3n) is 9.96. The summed E-state index contributed by atoms with van der Waals surface area (Å²) in [6.07, 6.45) is 4.25. The van der Waals surface area contributed by atoms with Gasteiger partial charge in [-0.15, -0.1) is 11.3 Å². The standard InChI is InChI=1S/C45H31N5S/c1-46-38-26-28-49(31-15-6-3-7-16-31)44(38)42(37-20-12-19-35-33-18-9-11-22-41(33)51-45(35)37)47-29-50-39-21-10-8-17-32(39)34-23-24-40-36(43(34)50)25-27-48(40)30-13-4-2-5-14-30/h2-28H,1,29H2/b47-42-. The van der Waals surface area contributed by atoms with E-state index < -0.39 is 0 Å². The lowest BCUT2D eigenvalue weighted by molar-refractivity contribution is 0.794. The van der Waals surface area contributed by atoms with Crippen LogP contribution in [0.2, 0.25) is 0 Å². The number of thiophene rings is 1. The zero-order valence-corrected chi connectivity index (χ0v) is 28.5. The van der Waals surface area contributed by atoms with Gasteiger partial charge in [0.1, 0.15) is 6.67 Å². The second-order valence-electron chi connectivity index (χ2n) is 12.7. The molecule has 0 saturated carbocycles. The third kappa shape index (κ3) is 4.61. The van der Waals surface area contributed by atoms with E-state index in [1.165, 1.54) is 41.8 Å². The van der Waals surface area contributed by atoms with Crippen molar-refractivity contribution in [1.29, 1.82) is 0 Å². The molecule has 0 saturated heterocycles. The summed E-state index contributed by atoms with van der Waals surface area (Å²) in [7, 11) is 0. The minimum Gasteiger partial charge on any atom is -0.320 e. The van der Waals surface area contributed by atoms with Crippen LogP contribution >= 0.6 is 11.3 Å². The Kier molecular flexibility index (Phi) is 6.82. The molecule has 6 aromatic carbocycles. The number of aromatic nitrogens is 3. The van der Waals surface area contributed by atoms with E-state index >= 15 is 0 Å². The minimum absolute atomic E-state index is 0.410. The molecule has 5 nitrogen and oxygen atoms in total. The van der Waals surface area contributed by atoms with Crippen molar-refractivity contribution < 1.29 is 0 Å². The smallest absolute Gasteiger partial charge is 0.115 e. The Labute approximate surface area is 298 Å². The monoisotopic (exact) mass is 673 g/mol. The Morgan fingerprint density at radius 2 is 1.24 bits per heavy atom. The zero-order valence-electron chi connectivity index (χ0n) is 27.6. The van der Waals surface area contributed by atoms with E-state index in [1.54, 1.807) is 0 Å². The minimum atomic E-state index is 0.410. The van der Waals surface area contributed by atoms with E-state index in [2.05, 4.69) is 177 Å². The number of para-hydroxylation sites is 3. The van der Waals surface area contributed by atoms with Gasteiger partial charge in [-0.3, -0.25) is 9.98 Å². The Bertz CT molecular complexity index is 2960. The summed E-state index contributed by atoms with van der Waals surface area (Å²) in [6, 6.07) is 53.6. The highest BCUT2D eigenvalue weighted by molar-refractivity contribution is 7.26. The van der Waals surface area contributed by atoms with Crippen LogP contribution in [0, 0.1) is 0 Å². The molecule has 51 heavy (non-hydrogen) atoms. The first-order chi connectivity index (χ1) is 25.3. The average molecular weight is 674 g/mol. The summed E-state index contributed by atoms with van der Waals surface area (Å²) in [4.78, 5) is 10.2. The molecule has 0 fully saturated rings. The van der Waals surface area contributed by atoms with E-state index in [4.69, 9.17) is 4.99 Å². The van der Waals surface area contributed by atoms with Crippen LogP contribution in [0.25, 0.3) is 64.3 Å². The maximum Gasteiger partial charge on any atom is 0.115 e. The van der Waals surface area contributed by atoms with E-state index in [-0.39, 0.29) is 0 Å². The number of aliphatic imine (C=N–C) groups is 2. The van der Waals surface area contributed by atoms with Gasteiger partial charge in [0, 0.05) is 65.7 Å². The average Bonchev–Trinajstić information content (AvgIpc) is 3.98. The summed E-state index contributed by atoms with van der Waals surface area (Å²) in [5.74, 6) is 0. The first kappa shape index (κ1) is 29.4. The van der Waals surface area contributed by atoms with Crippen molar-refractivity contribution in [2.45, 2.75) is 6.67 Å². The van der Waals surface area contributed by atoms with Gasteiger partial charge >= 0.3 is 0 Å². The zero-order chi connectivity index (χ0) is 33.9. The predicted molar refractivity (Wildman–Crippen MR) is 216 cm³/mol. The van der Waals surface area contributed by atoms with E-state index in [0.717, 1.165) is 45.1 Å². The molecule has 242 valence electrons. The second kappa shape index (κ2) is 11.8. The molecule has 0 aliphatic carbocycles. The van der Waals surface area contributed by atoms with Crippen LogP contribution in [-0.4, -0.2) is 26.1 Å². The van der Waals surface area contributed by atoms with Crippen LogP contribution < -0.4 is 0 Å². The highest BCUT2D eigenvalue weighted by atomic mass is 32.1. The first-order valence-corrected chi connectivity index (χ1v) is 17.9. The summed E-state index contributed by atoms with van der Waals surface area (Å²) in [6.45, 7) is 4.41. The number of rotatable bonds is 7. The number of hydrogen-bond donors (Lipinski definition) is 0. The molecular weight excluding hydrogens is 643 g/mol. The number of fused-ring (bicyclic) bond motifs is 8. The molecule has 0 bridgehead atoms. The lowest BCUT2D eigenvalue weighted by Gasteiger charge is -2.15. The van der Waals surface area contributed by atoms with Crippen molar-refractivity contribution in [3.63, 3.8) is 0 Å². The Morgan fingerprint density at radius 1 is 0.549 bits per heavy atom. The van der Waals surface area contributed by atoms with Crippen molar-refractivity contribution in [1.82, 2.24) is 13.7 Å². The molecule has 10 aromatic rings. The van der Waals surface area contributed by atoms with Crippen LogP contribution in [0.5, 0.6) is 0 Å². The second-order valence-corrected chi connectivity index (χ2v) is 13.8. The third-order valence-corrected chi connectivity index (χ3v) is 11.2.